The van der Waals surface area contributed by atoms with Gasteiger partial charge in [-0.2, -0.15) is 0 Å². The molecular weight excluding hydrogens is 494 g/mol. The molecule has 0 N–H and O–H groups in total. The minimum atomic E-state index is -0.0374. The summed E-state index contributed by atoms with van der Waals surface area (Å²) in [5.41, 5.74) is 10.2. The summed E-state index contributed by atoms with van der Waals surface area (Å²) >= 11 is 6.27. The normalized spacial score (nSPS) is 13.7. The second-order valence-corrected chi connectivity index (χ2v) is 9.94. The standard InChI is InChI=1S/C33H28ClNO3/c1-20-5-7-23(8-6-20)31-32-29(17-26(37-3)18-30(32)38-4)35-28(22-9-13-24(34)14-10-22)19-27(33(31)35)21-11-15-25(36-2)16-12-21/h5-19,31H,1-4H3. The van der Waals surface area contributed by atoms with Gasteiger partial charge < -0.3 is 18.8 Å². The number of aromatic nitrogens is 1. The number of methoxy groups -OCH3 is 3. The van der Waals surface area contributed by atoms with E-state index < -0.39 is 0 Å². The fraction of sp³-hybridized carbons (Fsp3) is 0.152. The highest BCUT2D eigenvalue weighted by Gasteiger charge is 2.38. The van der Waals surface area contributed by atoms with Crippen LogP contribution in [0.1, 0.15) is 28.3 Å². The van der Waals surface area contributed by atoms with Crippen LogP contribution in [0.4, 0.5) is 0 Å². The van der Waals surface area contributed by atoms with Gasteiger partial charge in [-0.1, -0.05) is 65.7 Å². The molecule has 1 aliphatic rings. The van der Waals surface area contributed by atoms with E-state index >= 15 is 0 Å². The molecule has 0 amide bonds. The molecule has 5 heteroatoms. The molecule has 0 aliphatic carbocycles. The van der Waals surface area contributed by atoms with Crippen molar-refractivity contribution in [1.82, 2.24) is 4.57 Å². The number of hydrogen-bond acceptors (Lipinski definition) is 3. The molecule has 0 saturated carbocycles. The Morgan fingerprint density at radius 1 is 0.684 bits per heavy atom. The number of halogens is 1. The third-order valence-corrected chi connectivity index (χ3v) is 7.59. The first-order chi connectivity index (χ1) is 18.5. The molecule has 4 nitrogen and oxygen atoms in total. The molecule has 0 radical (unpaired) electrons. The van der Waals surface area contributed by atoms with Crippen LogP contribution in [0, 0.1) is 6.92 Å². The first-order valence-electron chi connectivity index (χ1n) is 12.5. The zero-order valence-corrected chi connectivity index (χ0v) is 22.5. The van der Waals surface area contributed by atoms with Crippen molar-refractivity contribution in [2.24, 2.45) is 0 Å². The Hall–Kier alpha value is -4.15. The number of fused-ring (bicyclic) bond motifs is 3. The van der Waals surface area contributed by atoms with Crippen LogP contribution in [0.15, 0.2) is 91.0 Å². The molecule has 4 aromatic carbocycles. The van der Waals surface area contributed by atoms with Crippen LogP contribution in [0.2, 0.25) is 5.02 Å². The zero-order valence-electron chi connectivity index (χ0n) is 21.8. The van der Waals surface area contributed by atoms with Gasteiger partial charge in [-0.15, -0.1) is 0 Å². The number of hydrogen-bond donors (Lipinski definition) is 0. The van der Waals surface area contributed by atoms with Gasteiger partial charge in [0.1, 0.15) is 17.2 Å². The number of nitrogens with zero attached hydrogens (tertiary/aromatic N) is 1. The lowest BCUT2D eigenvalue weighted by Crippen LogP contribution is -2.03. The molecule has 6 rings (SSSR count). The molecule has 190 valence electrons. The van der Waals surface area contributed by atoms with Crippen LogP contribution >= 0.6 is 11.6 Å². The van der Waals surface area contributed by atoms with Crippen molar-refractivity contribution in [3.05, 3.63) is 118 Å². The lowest BCUT2D eigenvalue weighted by molar-refractivity contribution is 0.391. The summed E-state index contributed by atoms with van der Waals surface area (Å²) in [6, 6.07) is 31.4. The van der Waals surface area contributed by atoms with E-state index in [-0.39, 0.29) is 5.92 Å². The molecule has 1 unspecified atom stereocenters. The Bertz CT molecular complexity index is 1620. The van der Waals surface area contributed by atoms with Crippen LogP contribution in [0.3, 0.4) is 0 Å². The van der Waals surface area contributed by atoms with E-state index in [9.17, 15) is 0 Å². The lowest BCUT2D eigenvalue weighted by atomic mass is 9.86. The number of aryl methyl sites for hydroxylation is 1. The number of rotatable bonds is 6. The minimum absolute atomic E-state index is 0.0374. The van der Waals surface area contributed by atoms with Crippen LogP contribution in [-0.2, 0) is 0 Å². The van der Waals surface area contributed by atoms with Crippen molar-refractivity contribution in [3.63, 3.8) is 0 Å². The van der Waals surface area contributed by atoms with Gasteiger partial charge in [-0.25, -0.2) is 0 Å². The smallest absolute Gasteiger partial charge is 0.128 e. The highest BCUT2D eigenvalue weighted by atomic mass is 35.5. The van der Waals surface area contributed by atoms with E-state index in [2.05, 4.69) is 72.2 Å². The summed E-state index contributed by atoms with van der Waals surface area (Å²) in [7, 11) is 5.10. The molecule has 0 spiro atoms. The van der Waals surface area contributed by atoms with Gasteiger partial charge in [0.15, 0.2) is 0 Å². The van der Waals surface area contributed by atoms with Crippen molar-refractivity contribution < 1.29 is 14.2 Å². The molecule has 1 aromatic heterocycles. The van der Waals surface area contributed by atoms with E-state index in [1.54, 1.807) is 21.3 Å². The predicted molar refractivity (Wildman–Crippen MR) is 153 cm³/mol. The molecule has 0 saturated heterocycles. The van der Waals surface area contributed by atoms with E-state index in [0.29, 0.717) is 5.02 Å². The average Bonchev–Trinajstić information content (AvgIpc) is 3.50. The molecule has 38 heavy (non-hydrogen) atoms. The van der Waals surface area contributed by atoms with E-state index in [4.69, 9.17) is 25.8 Å². The Morgan fingerprint density at radius 3 is 1.97 bits per heavy atom. The van der Waals surface area contributed by atoms with Gasteiger partial charge in [0.05, 0.1) is 38.6 Å². The minimum Gasteiger partial charge on any atom is -0.497 e. The molecule has 1 atom stereocenters. The fourth-order valence-corrected chi connectivity index (χ4v) is 5.60. The third-order valence-electron chi connectivity index (χ3n) is 7.34. The number of benzene rings is 4. The summed E-state index contributed by atoms with van der Waals surface area (Å²) in [4.78, 5) is 0. The van der Waals surface area contributed by atoms with Gasteiger partial charge in [0.2, 0.25) is 0 Å². The van der Waals surface area contributed by atoms with Crippen LogP contribution in [0.25, 0.3) is 28.1 Å². The van der Waals surface area contributed by atoms with Crippen molar-refractivity contribution in [1.29, 1.82) is 0 Å². The highest BCUT2D eigenvalue weighted by molar-refractivity contribution is 6.30. The summed E-state index contributed by atoms with van der Waals surface area (Å²) < 4.78 is 19.5. The Kier molecular flexibility index (Phi) is 6.13. The fourth-order valence-electron chi connectivity index (χ4n) is 5.47. The predicted octanol–water partition coefficient (Wildman–Crippen LogP) is 8.29. The maximum atomic E-state index is 6.27. The summed E-state index contributed by atoms with van der Waals surface area (Å²) in [5.74, 6) is 2.34. The van der Waals surface area contributed by atoms with Gasteiger partial charge >= 0.3 is 0 Å². The number of ether oxygens (including phenoxy) is 3. The SMILES string of the molecule is COc1ccc(-c2cc(-c3ccc(Cl)cc3)n3c2C(c2ccc(C)cc2)c2c(OC)cc(OC)cc2-3)cc1. The van der Waals surface area contributed by atoms with E-state index in [1.807, 2.05) is 30.3 Å². The van der Waals surface area contributed by atoms with Crippen LogP contribution in [0.5, 0.6) is 17.2 Å². The second kappa shape index (κ2) is 9.62. The quantitative estimate of drug-likeness (QED) is 0.221. The first kappa shape index (κ1) is 24.2. The highest BCUT2D eigenvalue weighted by Crippen LogP contribution is 2.54. The molecule has 2 heterocycles. The van der Waals surface area contributed by atoms with Gasteiger partial charge in [-0.05, 0) is 53.9 Å². The van der Waals surface area contributed by atoms with Gasteiger partial charge in [0.25, 0.3) is 0 Å². The zero-order chi connectivity index (χ0) is 26.4. The van der Waals surface area contributed by atoms with Crippen molar-refractivity contribution in [3.8, 4) is 45.3 Å². The molecule has 0 fully saturated rings. The van der Waals surface area contributed by atoms with Crippen molar-refractivity contribution in [2.75, 3.05) is 21.3 Å². The van der Waals surface area contributed by atoms with Crippen molar-refractivity contribution >= 4 is 11.6 Å². The molecule has 5 aromatic rings. The van der Waals surface area contributed by atoms with E-state index in [1.165, 1.54) is 16.8 Å². The Balaban J connectivity index is 1.71. The largest absolute Gasteiger partial charge is 0.497 e. The first-order valence-corrected chi connectivity index (χ1v) is 12.9. The third kappa shape index (κ3) is 3.93. The van der Waals surface area contributed by atoms with Gasteiger partial charge in [0, 0.05) is 34.0 Å². The Labute approximate surface area is 228 Å². The summed E-state index contributed by atoms with van der Waals surface area (Å²) in [6.45, 7) is 2.11. The van der Waals surface area contributed by atoms with Gasteiger partial charge in [-0.3, -0.25) is 0 Å². The molecule has 0 bridgehead atoms. The monoisotopic (exact) mass is 521 g/mol. The molecular formula is C33H28ClNO3. The summed E-state index contributed by atoms with van der Waals surface area (Å²) in [5, 5.41) is 0.707. The van der Waals surface area contributed by atoms with Crippen LogP contribution in [-0.4, -0.2) is 25.9 Å². The topological polar surface area (TPSA) is 32.6 Å². The Morgan fingerprint density at radius 2 is 1.34 bits per heavy atom. The molecule has 1 aliphatic heterocycles. The lowest BCUT2D eigenvalue weighted by Gasteiger charge is -2.18. The maximum absolute atomic E-state index is 6.27. The average molecular weight is 522 g/mol. The maximum Gasteiger partial charge on any atom is 0.128 e. The van der Waals surface area contributed by atoms with E-state index in [0.717, 1.165) is 50.9 Å². The second-order valence-electron chi connectivity index (χ2n) is 9.51. The summed E-state index contributed by atoms with van der Waals surface area (Å²) in [6.07, 6.45) is 0. The van der Waals surface area contributed by atoms with Crippen molar-refractivity contribution in [2.45, 2.75) is 12.8 Å². The van der Waals surface area contributed by atoms with Crippen LogP contribution < -0.4 is 14.2 Å².